The summed E-state index contributed by atoms with van der Waals surface area (Å²) < 4.78 is 0. The maximum Gasteiger partial charge on any atom is 0.243 e. The molecule has 27 nitrogen and oxygen atoms in total. The number of carbonyl (C=O) groups is 6. The first-order chi connectivity index (χ1) is 27.7. The summed E-state index contributed by atoms with van der Waals surface area (Å²) in [5.74, 6) is -5.33. The Kier molecular flexibility index (Phi) is 26.0. The Morgan fingerprint density at radius 1 is 0.356 bits per heavy atom. The highest BCUT2D eigenvalue weighted by Crippen LogP contribution is 2.09. The topological polar surface area (TPSA) is 511 Å². The first kappa shape index (κ1) is 52.2. The molecule has 0 aromatic carbocycles. The van der Waals surface area contributed by atoms with E-state index in [4.69, 9.17) is 63.1 Å². The Labute approximate surface area is 342 Å². The summed E-state index contributed by atoms with van der Waals surface area (Å²) in [4.78, 5) is 98.7. The van der Waals surface area contributed by atoms with Gasteiger partial charge in [0.1, 0.15) is 30.2 Å². The van der Waals surface area contributed by atoms with Crippen LogP contribution >= 0.6 is 0 Å². The summed E-state index contributed by atoms with van der Waals surface area (Å²) in [6, 6.07) is -6.10. The van der Waals surface area contributed by atoms with E-state index in [1.807, 2.05) is 0 Å². The Morgan fingerprint density at radius 2 is 0.559 bits per heavy atom. The number of nitrogens with one attached hydrogen (secondary N) is 5. The van der Waals surface area contributed by atoms with Gasteiger partial charge in [-0.1, -0.05) is 0 Å². The number of amides is 6. The average molecular weight is 840 g/mol. The number of hydrogen-bond donors (Lipinski definition) is 16. The lowest BCUT2D eigenvalue weighted by atomic mass is 10.0. The van der Waals surface area contributed by atoms with Crippen LogP contribution in [-0.4, -0.2) is 128 Å². The van der Waals surface area contributed by atoms with Crippen LogP contribution in [0.4, 0.5) is 0 Å². The summed E-state index contributed by atoms with van der Waals surface area (Å²) in [5, 5.41) is 13.0. The van der Waals surface area contributed by atoms with E-state index in [1.165, 1.54) is 6.92 Å². The largest absolute Gasteiger partial charge is 0.370 e. The maximum absolute atomic E-state index is 14.0. The SMILES string of the molecule is CC(=O)N[C@@H](CCCN=C(N)N)C(=O)N[C@@H](CCCN=C(N)N)C(=O)N[C@@H](CCCN=C(N)N)C(=O)N[C@@H](CCCN=C(N)N)C(=O)N[C@@H](CCCN=C(N)N)C(N)=O. The van der Waals surface area contributed by atoms with E-state index < -0.39 is 65.7 Å². The first-order valence-electron chi connectivity index (χ1n) is 18.8. The van der Waals surface area contributed by atoms with E-state index in [2.05, 4.69) is 51.5 Å². The number of hydrogen-bond acceptors (Lipinski definition) is 11. The molecule has 27 N–H and O–H groups in total. The Morgan fingerprint density at radius 3 is 0.763 bits per heavy atom. The lowest BCUT2D eigenvalue weighted by Gasteiger charge is -2.27. The van der Waals surface area contributed by atoms with Crippen molar-refractivity contribution < 1.29 is 28.8 Å². The number of carbonyl (C=O) groups excluding carboxylic acids is 6. The second-order valence-electron chi connectivity index (χ2n) is 13.1. The zero-order valence-electron chi connectivity index (χ0n) is 33.5. The summed E-state index contributed by atoms with van der Waals surface area (Å²) in [6.07, 6.45) is 1.29. The van der Waals surface area contributed by atoms with Crippen LogP contribution < -0.4 is 89.7 Å². The average Bonchev–Trinajstić information content (AvgIpc) is 3.13. The molecule has 0 saturated carbocycles. The molecule has 0 fully saturated rings. The summed E-state index contributed by atoms with van der Waals surface area (Å²) in [7, 11) is 0. The minimum Gasteiger partial charge on any atom is -0.370 e. The van der Waals surface area contributed by atoms with Crippen LogP contribution in [0.15, 0.2) is 25.0 Å². The molecule has 59 heavy (non-hydrogen) atoms. The minimum atomic E-state index is -1.32. The molecule has 0 aliphatic carbocycles. The maximum atomic E-state index is 14.0. The summed E-state index contributed by atoms with van der Waals surface area (Å²) >= 11 is 0. The van der Waals surface area contributed by atoms with Crippen LogP contribution in [0.25, 0.3) is 0 Å². The molecule has 334 valence electrons. The third kappa shape index (κ3) is 26.6. The molecule has 0 saturated heterocycles. The first-order valence-corrected chi connectivity index (χ1v) is 18.8. The number of rotatable bonds is 30. The van der Waals surface area contributed by atoms with Crippen molar-refractivity contribution in [3.05, 3.63) is 0 Å². The molecule has 0 rings (SSSR count). The molecule has 0 radical (unpaired) electrons. The molecular weight excluding hydrogens is 774 g/mol. The Hall–Kier alpha value is -6.83. The van der Waals surface area contributed by atoms with Gasteiger partial charge in [-0.2, -0.15) is 0 Å². The standard InChI is InChI=1S/C32H65N21O6/c1-17(54)49-19(8-3-13-45-29(36)37)24(56)51-21(10-5-15-47-31(40)41)26(58)53-22(11-6-16-48-32(42)43)27(59)52-20(9-4-14-46-30(38)39)25(57)50-18(23(33)55)7-2-12-44-28(34)35/h18-22H,2-16H2,1H3,(H2,33,55)(H,49,54)(H,50,57)(H,51,56)(H,52,59)(H,53,58)(H4,34,35,44)(H4,36,37,45)(H4,38,39,46)(H4,40,41,47)(H4,42,43,48)/t18-,19-,20-,21-,22-/m0/s1. The molecule has 0 aliphatic heterocycles. The van der Waals surface area contributed by atoms with E-state index in [0.29, 0.717) is 6.42 Å². The van der Waals surface area contributed by atoms with Crippen LogP contribution in [-0.2, 0) is 28.8 Å². The van der Waals surface area contributed by atoms with Crippen molar-refractivity contribution in [2.45, 2.75) is 101 Å². The van der Waals surface area contributed by atoms with Crippen molar-refractivity contribution in [2.24, 2.45) is 88.0 Å². The van der Waals surface area contributed by atoms with E-state index >= 15 is 0 Å². The molecule has 6 amide bonds. The third-order valence-corrected chi connectivity index (χ3v) is 7.98. The van der Waals surface area contributed by atoms with Gasteiger partial charge in [0, 0.05) is 39.6 Å². The number of guanidine groups is 5. The smallest absolute Gasteiger partial charge is 0.243 e. The van der Waals surface area contributed by atoms with Gasteiger partial charge in [-0.25, -0.2) is 0 Å². The molecule has 5 atom stereocenters. The zero-order chi connectivity index (χ0) is 44.9. The molecule has 0 aromatic heterocycles. The van der Waals surface area contributed by atoms with Crippen LogP contribution in [0.2, 0.25) is 0 Å². The number of nitrogens with zero attached hydrogens (tertiary/aromatic N) is 5. The van der Waals surface area contributed by atoms with Crippen LogP contribution in [0, 0.1) is 0 Å². The second kappa shape index (κ2) is 29.4. The van der Waals surface area contributed by atoms with Gasteiger partial charge < -0.3 is 89.7 Å². The van der Waals surface area contributed by atoms with Gasteiger partial charge in [0.15, 0.2) is 29.8 Å². The fraction of sp³-hybridized carbons (Fsp3) is 0.656. The number of primary amides is 1. The van der Waals surface area contributed by atoms with E-state index in [-0.39, 0.29) is 120 Å². The van der Waals surface area contributed by atoms with Gasteiger partial charge >= 0.3 is 0 Å². The van der Waals surface area contributed by atoms with Crippen molar-refractivity contribution in [1.82, 2.24) is 26.6 Å². The van der Waals surface area contributed by atoms with Crippen molar-refractivity contribution in [2.75, 3.05) is 32.7 Å². The van der Waals surface area contributed by atoms with Crippen LogP contribution in [0.1, 0.15) is 71.1 Å². The van der Waals surface area contributed by atoms with Gasteiger partial charge in [-0.05, 0) is 64.2 Å². The fourth-order valence-corrected chi connectivity index (χ4v) is 5.21. The normalized spacial score (nSPS) is 13.0. The molecule has 27 heteroatoms. The monoisotopic (exact) mass is 840 g/mol. The van der Waals surface area contributed by atoms with E-state index in [1.54, 1.807) is 0 Å². The Bertz CT molecular complexity index is 1510. The lowest BCUT2D eigenvalue weighted by molar-refractivity contribution is -0.135. The van der Waals surface area contributed by atoms with E-state index in [0.717, 1.165) is 0 Å². The number of nitrogens with two attached hydrogens (primary N) is 11. The van der Waals surface area contributed by atoms with Crippen molar-refractivity contribution in [3.8, 4) is 0 Å². The lowest BCUT2D eigenvalue weighted by Crippen LogP contribution is -2.59. The highest BCUT2D eigenvalue weighted by Gasteiger charge is 2.32. The predicted octanol–water partition coefficient (Wildman–Crippen LogP) is -7.82. The second-order valence-corrected chi connectivity index (χ2v) is 13.1. The molecule has 0 bridgehead atoms. The molecule has 0 unspecified atom stereocenters. The fourth-order valence-electron chi connectivity index (χ4n) is 5.21. The minimum absolute atomic E-state index is 0.00893. The predicted molar refractivity (Wildman–Crippen MR) is 224 cm³/mol. The van der Waals surface area contributed by atoms with Gasteiger partial charge in [0.2, 0.25) is 35.4 Å². The third-order valence-electron chi connectivity index (χ3n) is 7.98. The van der Waals surface area contributed by atoms with Gasteiger partial charge in [0.05, 0.1) is 0 Å². The quantitative estimate of drug-likeness (QED) is 0.0181. The summed E-state index contributed by atoms with van der Waals surface area (Å²) in [6.45, 7) is 1.80. The molecule has 0 aromatic rings. The van der Waals surface area contributed by atoms with Crippen molar-refractivity contribution in [3.63, 3.8) is 0 Å². The Balaban J connectivity index is 6.56. The van der Waals surface area contributed by atoms with Crippen LogP contribution in [0.3, 0.4) is 0 Å². The summed E-state index contributed by atoms with van der Waals surface area (Å²) in [5.41, 5.74) is 59.7. The molecule has 0 heterocycles. The highest BCUT2D eigenvalue weighted by molar-refractivity contribution is 5.96. The molecular formula is C32H65N21O6. The highest BCUT2D eigenvalue weighted by atomic mass is 16.2. The number of aliphatic imine (C=N–C) groups is 5. The van der Waals surface area contributed by atoms with Gasteiger partial charge in [-0.3, -0.25) is 53.7 Å². The zero-order valence-corrected chi connectivity index (χ0v) is 33.5. The van der Waals surface area contributed by atoms with Crippen molar-refractivity contribution >= 4 is 65.2 Å². The van der Waals surface area contributed by atoms with Gasteiger partial charge in [-0.15, -0.1) is 0 Å². The van der Waals surface area contributed by atoms with Crippen LogP contribution in [0.5, 0.6) is 0 Å². The van der Waals surface area contributed by atoms with E-state index in [9.17, 15) is 28.8 Å². The molecule has 0 aliphatic rings. The van der Waals surface area contributed by atoms with Crippen molar-refractivity contribution in [1.29, 1.82) is 0 Å². The van der Waals surface area contributed by atoms with Gasteiger partial charge in [0.25, 0.3) is 0 Å². The molecule has 0 spiro atoms.